The Balaban J connectivity index is 1.82. The Morgan fingerprint density at radius 1 is 1.16 bits per heavy atom. The van der Waals surface area contributed by atoms with Crippen LogP contribution in [0.2, 0.25) is 0 Å². The fourth-order valence-corrected chi connectivity index (χ4v) is 2.64. The fourth-order valence-electron chi connectivity index (χ4n) is 2.53. The predicted octanol–water partition coefficient (Wildman–Crippen LogP) is 4.17. The van der Waals surface area contributed by atoms with E-state index in [0.29, 0.717) is 17.4 Å². The molecule has 3 rings (SSSR count). The quantitative estimate of drug-likeness (QED) is 0.548. The second-order valence-corrected chi connectivity index (χ2v) is 5.77. The van der Waals surface area contributed by atoms with Gasteiger partial charge in [0.05, 0.1) is 5.52 Å². The maximum atomic E-state index is 11.8. The standard InChI is InChI=1S/C18H16N4O2S/c1-12(23)22-15-10-6-5-9-14(15)16(17(22)24)20-21-18(25)19-11-13-7-3-2-4-8-13/h2-10,24H,11H2,1H3,(H,19,25). The Hall–Kier alpha value is -3.06. The zero-order valence-corrected chi connectivity index (χ0v) is 14.3. The number of fused-ring (bicyclic) bond motifs is 1. The van der Waals surface area contributed by atoms with Crippen molar-refractivity contribution in [3.05, 3.63) is 60.2 Å². The summed E-state index contributed by atoms with van der Waals surface area (Å²) in [5.41, 5.74) is 1.86. The van der Waals surface area contributed by atoms with E-state index in [1.807, 2.05) is 30.3 Å². The van der Waals surface area contributed by atoms with Gasteiger partial charge in [0.1, 0.15) is 0 Å². The van der Waals surface area contributed by atoms with Crippen molar-refractivity contribution in [1.29, 1.82) is 0 Å². The molecule has 2 aromatic carbocycles. The lowest BCUT2D eigenvalue weighted by molar-refractivity contribution is 0.0933. The third kappa shape index (κ3) is 3.56. The molecule has 126 valence electrons. The molecule has 0 aliphatic rings. The lowest BCUT2D eigenvalue weighted by Gasteiger charge is -2.02. The molecule has 0 amide bonds. The van der Waals surface area contributed by atoms with Gasteiger partial charge in [-0.15, -0.1) is 10.2 Å². The molecule has 2 N–H and O–H groups in total. The fraction of sp³-hybridized carbons (Fsp3) is 0.111. The van der Waals surface area contributed by atoms with E-state index in [2.05, 4.69) is 15.5 Å². The van der Waals surface area contributed by atoms with Crippen LogP contribution in [0, 0.1) is 0 Å². The summed E-state index contributed by atoms with van der Waals surface area (Å²) >= 11 is 5.15. The molecule has 3 aromatic rings. The predicted molar refractivity (Wildman–Crippen MR) is 100 cm³/mol. The van der Waals surface area contributed by atoms with E-state index in [1.165, 1.54) is 11.5 Å². The van der Waals surface area contributed by atoms with Gasteiger partial charge in [-0.25, -0.2) is 4.57 Å². The number of carbonyl (C=O) groups is 1. The summed E-state index contributed by atoms with van der Waals surface area (Å²) in [7, 11) is 0. The Bertz CT molecular complexity index is 964. The number of nitrogens with one attached hydrogen (secondary N) is 1. The molecule has 0 saturated heterocycles. The number of thiocarbonyl (C=S) groups is 1. The average Bonchev–Trinajstić information content (AvgIpc) is 2.90. The summed E-state index contributed by atoms with van der Waals surface area (Å²) in [5.74, 6) is -0.553. The lowest BCUT2D eigenvalue weighted by Crippen LogP contribution is -2.18. The van der Waals surface area contributed by atoms with Crippen LogP contribution in [0.25, 0.3) is 10.9 Å². The number of hydrogen-bond acceptors (Lipinski definition) is 4. The van der Waals surface area contributed by atoms with Crippen molar-refractivity contribution in [2.45, 2.75) is 13.5 Å². The number of azo groups is 1. The first-order chi connectivity index (χ1) is 12.1. The van der Waals surface area contributed by atoms with E-state index in [9.17, 15) is 9.90 Å². The monoisotopic (exact) mass is 352 g/mol. The number of carbonyl (C=O) groups excluding carboxylic acids is 1. The second-order valence-electron chi connectivity index (χ2n) is 5.39. The van der Waals surface area contributed by atoms with Crippen molar-refractivity contribution >= 4 is 39.8 Å². The molecule has 25 heavy (non-hydrogen) atoms. The number of hydrogen-bond donors (Lipinski definition) is 2. The normalized spacial score (nSPS) is 11.1. The number of benzene rings is 2. The van der Waals surface area contributed by atoms with Crippen LogP contribution < -0.4 is 5.32 Å². The lowest BCUT2D eigenvalue weighted by atomic mass is 10.2. The van der Waals surface area contributed by atoms with Crippen LogP contribution in [-0.4, -0.2) is 20.7 Å². The molecule has 0 unspecified atom stereocenters. The summed E-state index contributed by atoms with van der Waals surface area (Å²) in [4.78, 5) is 11.8. The van der Waals surface area contributed by atoms with Gasteiger partial charge in [0.25, 0.3) is 0 Å². The molecule has 6 nitrogen and oxygen atoms in total. The van der Waals surface area contributed by atoms with Gasteiger partial charge in [0.2, 0.25) is 16.9 Å². The Kier molecular flexibility index (Phi) is 4.85. The van der Waals surface area contributed by atoms with Gasteiger partial charge in [-0.05, 0) is 23.8 Å². The molecular formula is C18H16N4O2S. The maximum absolute atomic E-state index is 11.8. The molecule has 0 radical (unpaired) electrons. The van der Waals surface area contributed by atoms with Gasteiger partial charge in [0.15, 0.2) is 5.69 Å². The summed E-state index contributed by atoms with van der Waals surface area (Å²) in [5, 5.41) is 22.1. The molecule has 7 heteroatoms. The van der Waals surface area contributed by atoms with E-state index in [-0.39, 0.29) is 22.6 Å². The zero-order chi connectivity index (χ0) is 17.8. The minimum absolute atomic E-state index is 0.197. The van der Waals surface area contributed by atoms with Gasteiger partial charge in [-0.2, -0.15) is 0 Å². The highest BCUT2D eigenvalue weighted by Gasteiger charge is 2.18. The smallest absolute Gasteiger partial charge is 0.230 e. The minimum Gasteiger partial charge on any atom is -0.493 e. The average molecular weight is 352 g/mol. The summed E-state index contributed by atoms with van der Waals surface area (Å²) in [6.07, 6.45) is 0. The number of aromatic hydroxyl groups is 1. The van der Waals surface area contributed by atoms with E-state index in [4.69, 9.17) is 12.2 Å². The van der Waals surface area contributed by atoms with Crippen LogP contribution in [0.1, 0.15) is 17.3 Å². The second kappa shape index (κ2) is 7.23. The highest BCUT2D eigenvalue weighted by molar-refractivity contribution is 7.80. The Labute approximate surface area is 149 Å². The van der Waals surface area contributed by atoms with Crippen molar-refractivity contribution in [3.63, 3.8) is 0 Å². The molecule has 0 bridgehead atoms. The molecule has 0 spiro atoms. The molecule has 0 fully saturated rings. The van der Waals surface area contributed by atoms with Crippen LogP contribution in [0.15, 0.2) is 64.8 Å². The first kappa shape index (κ1) is 16.8. The van der Waals surface area contributed by atoms with Crippen molar-refractivity contribution in [2.75, 3.05) is 0 Å². The van der Waals surface area contributed by atoms with Gasteiger partial charge in [-0.1, -0.05) is 48.5 Å². The third-order valence-corrected chi connectivity index (χ3v) is 3.89. The minimum atomic E-state index is -0.306. The molecule has 0 aliphatic carbocycles. The SMILES string of the molecule is CC(=O)n1c(O)c(N=NC(=S)NCc2ccccc2)c2ccccc21. The molecule has 0 atom stereocenters. The van der Waals surface area contributed by atoms with Crippen LogP contribution in [0.4, 0.5) is 5.69 Å². The largest absolute Gasteiger partial charge is 0.493 e. The Morgan fingerprint density at radius 2 is 1.84 bits per heavy atom. The van der Waals surface area contributed by atoms with E-state index < -0.39 is 0 Å². The summed E-state index contributed by atoms with van der Waals surface area (Å²) < 4.78 is 1.20. The van der Waals surface area contributed by atoms with Crippen molar-refractivity contribution < 1.29 is 9.90 Å². The number of rotatable bonds is 3. The molecular weight excluding hydrogens is 336 g/mol. The Morgan fingerprint density at radius 3 is 2.56 bits per heavy atom. The van der Waals surface area contributed by atoms with Gasteiger partial charge in [0, 0.05) is 18.9 Å². The van der Waals surface area contributed by atoms with Gasteiger partial charge < -0.3 is 10.4 Å². The van der Waals surface area contributed by atoms with Gasteiger partial charge in [-0.3, -0.25) is 4.79 Å². The highest BCUT2D eigenvalue weighted by atomic mass is 32.1. The van der Waals surface area contributed by atoms with Crippen LogP contribution in [0.5, 0.6) is 5.88 Å². The zero-order valence-electron chi connectivity index (χ0n) is 13.5. The van der Waals surface area contributed by atoms with E-state index in [0.717, 1.165) is 5.56 Å². The first-order valence-corrected chi connectivity index (χ1v) is 8.05. The summed E-state index contributed by atoms with van der Waals surface area (Å²) in [6, 6.07) is 16.9. The van der Waals surface area contributed by atoms with Crippen LogP contribution in [0.3, 0.4) is 0 Å². The maximum Gasteiger partial charge on any atom is 0.230 e. The van der Waals surface area contributed by atoms with Crippen molar-refractivity contribution in [2.24, 2.45) is 10.2 Å². The van der Waals surface area contributed by atoms with Crippen LogP contribution >= 0.6 is 12.2 Å². The van der Waals surface area contributed by atoms with Crippen molar-refractivity contribution in [1.82, 2.24) is 9.88 Å². The van der Waals surface area contributed by atoms with Crippen molar-refractivity contribution in [3.8, 4) is 5.88 Å². The molecule has 0 saturated carbocycles. The topological polar surface area (TPSA) is 79.0 Å². The first-order valence-electron chi connectivity index (χ1n) is 7.65. The molecule has 1 heterocycles. The van der Waals surface area contributed by atoms with E-state index in [1.54, 1.807) is 24.3 Å². The number of aromatic nitrogens is 1. The van der Waals surface area contributed by atoms with E-state index >= 15 is 0 Å². The molecule has 1 aromatic heterocycles. The third-order valence-electron chi connectivity index (χ3n) is 3.67. The van der Waals surface area contributed by atoms with Crippen LogP contribution in [-0.2, 0) is 6.54 Å². The highest BCUT2D eigenvalue weighted by Crippen LogP contribution is 2.38. The molecule has 0 aliphatic heterocycles. The number of para-hydroxylation sites is 1. The van der Waals surface area contributed by atoms with Gasteiger partial charge >= 0.3 is 0 Å². The summed E-state index contributed by atoms with van der Waals surface area (Å²) in [6.45, 7) is 1.90. The number of nitrogens with zero attached hydrogens (tertiary/aromatic N) is 3.